The Kier molecular flexibility index (Phi) is 3.74. The summed E-state index contributed by atoms with van der Waals surface area (Å²) in [5.74, 6) is 0.161. The Bertz CT molecular complexity index is 612. The Labute approximate surface area is 118 Å². The van der Waals surface area contributed by atoms with Gasteiger partial charge < -0.3 is 14.2 Å². The molecule has 0 saturated carbocycles. The van der Waals surface area contributed by atoms with E-state index in [0.29, 0.717) is 6.61 Å². The topological polar surface area (TPSA) is 34.5 Å². The van der Waals surface area contributed by atoms with Gasteiger partial charge in [-0.1, -0.05) is 0 Å². The molecular weight excluding hydrogens is 252 g/mol. The lowest BCUT2D eigenvalue weighted by molar-refractivity contribution is 0.0793. The molecule has 0 atom stereocenters. The van der Waals surface area contributed by atoms with Crippen molar-refractivity contribution in [1.82, 2.24) is 9.47 Å². The molecule has 0 bridgehead atoms. The number of amides is 1. The van der Waals surface area contributed by atoms with Crippen LogP contribution in [0.1, 0.15) is 23.2 Å². The van der Waals surface area contributed by atoms with Gasteiger partial charge in [0.1, 0.15) is 0 Å². The minimum absolute atomic E-state index is 0.161. The molecule has 0 N–H and O–H groups in total. The smallest absolute Gasteiger partial charge is 0.253 e. The van der Waals surface area contributed by atoms with Crippen molar-refractivity contribution in [2.75, 3.05) is 26.8 Å². The third-order valence-electron chi connectivity index (χ3n) is 3.95. The molecule has 2 heterocycles. The molecule has 4 nitrogen and oxygen atoms in total. The molecule has 1 aliphatic rings. The first kappa shape index (κ1) is 13.2. The molecule has 106 valence electrons. The van der Waals surface area contributed by atoms with Crippen LogP contribution in [0.5, 0.6) is 0 Å². The van der Waals surface area contributed by atoms with Crippen molar-refractivity contribution >= 4 is 16.8 Å². The highest BCUT2D eigenvalue weighted by atomic mass is 16.5. The number of nitrogens with zero attached hydrogens (tertiary/aromatic N) is 2. The van der Waals surface area contributed by atoms with Crippen molar-refractivity contribution in [2.24, 2.45) is 0 Å². The van der Waals surface area contributed by atoms with Crippen LogP contribution in [0.4, 0.5) is 0 Å². The van der Waals surface area contributed by atoms with Crippen LogP contribution in [0.2, 0.25) is 0 Å². The van der Waals surface area contributed by atoms with Gasteiger partial charge in [0, 0.05) is 49.4 Å². The summed E-state index contributed by atoms with van der Waals surface area (Å²) in [4.78, 5) is 14.3. The average molecular weight is 272 g/mol. The molecule has 20 heavy (non-hydrogen) atoms. The van der Waals surface area contributed by atoms with Crippen molar-refractivity contribution in [1.29, 1.82) is 0 Å². The molecule has 1 fully saturated rings. The second kappa shape index (κ2) is 5.67. The van der Waals surface area contributed by atoms with E-state index in [4.69, 9.17) is 4.74 Å². The Hall–Kier alpha value is -1.81. The maximum absolute atomic E-state index is 12.4. The molecule has 1 amide bonds. The van der Waals surface area contributed by atoms with Crippen molar-refractivity contribution in [3.63, 3.8) is 0 Å². The quantitative estimate of drug-likeness (QED) is 0.857. The fraction of sp³-hybridized carbons (Fsp3) is 0.438. The first-order chi connectivity index (χ1) is 9.79. The van der Waals surface area contributed by atoms with Gasteiger partial charge in [-0.25, -0.2) is 0 Å². The van der Waals surface area contributed by atoms with Gasteiger partial charge in [-0.2, -0.15) is 0 Å². The molecule has 1 aromatic carbocycles. The van der Waals surface area contributed by atoms with Crippen LogP contribution >= 0.6 is 0 Å². The first-order valence-corrected chi connectivity index (χ1v) is 7.17. The van der Waals surface area contributed by atoms with Gasteiger partial charge in [0.15, 0.2) is 0 Å². The van der Waals surface area contributed by atoms with Crippen LogP contribution in [0.3, 0.4) is 0 Å². The number of likely N-dealkylation sites (tertiary alicyclic amines) is 1. The minimum Gasteiger partial charge on any atom is -0.383 e. The number of fused-ring (bicyclic) bond motifs is 1. The maximum atomic E-state index is 12.4. The summed E-state index contributed by atoms with van der Waals surface area (Å²) in [5, 5.41) is 1.12. The minimum atomic E-state index is 0.161. The lowest BCUT2D eigenvalue weighted by Crippen LogP contribution is -2.27. The van der Waals surface area contributed by atoms with Crippen molar-refractivity contribution in [2.45, 2.75) is 19.4 Å². The molecule has 4 heteroatoms. The summed E-state index contributed by atoms with van der Waals surface area (Å²) in [6.07, 6.45) is 4.30. The predicted octanol–water partition coefficient (Wildman–Crippen LogP) is 2.52. The fourth-order valence-electron chi connectivity index (χ4n) is 2.82. The summed E-state index contributed by atoms with van der Waals surface area (Å²) in [6.45, 7) is 3.31. The number of ether oxygens (including phenoxy) is 1. The Balaban J connectivity index is 1.85. The number of carbonyl (C=O) groups is 1. The number of methoxy groups -OCH3 is 1. The van der Waals surface area contributed by atoms with E-state index in [2.05, 4.69) is 10.6 Å². The Morgan fingerprint density at radius 1 is 1.25 bits per heavy atom. The lowest BCUT2D eigenvalue weighted by atomic mass is 10.1. The monoisotopic (exact) mass is 272 g/mol. The lowest BCUT2D eigenvalue weighted by Gasteiger charge is -2.15. The van der Waals surface area contributed by atoms with Crippen LogP contribution in [0.25, 0.3) is 10.9 Å². The van der Waals surface area contributed by atoms with E-state index >= 15 is 0 Å². The molecule has 0 unspecified atom stereocenters. The van der Waals surface area contributed by atoms with E-state index in [0.717, 1.165) is 48.9 Å². The van der Waals surface area contributed by atoms with E-state index in [1.807, 2.05) is 29.3 Å². The van der Waals surface area contributed by atoms with Gasteiger partial charge in [0.2, 0.25) is 0 Å². The number of aromatic nitrogens is 1. The summed E-state index contributed by atoms with van der Waals surface area (Å²) in [6, 6.07) is 8.03. The third kappa shape index (κ3) is 2.43. The van der Waals surface area contributed by atoms with Gasteiger partial charge in [0.25, 0.3) is 5.91 Å². The van der Waals surface area contributed by atoms with E-state index in [1.165, 1.54) is 0 Å². The molecule has 3 rings (SSSR count). The van der Waals surface area contributed by atoms with Gasteiger partial charge in [0.05, 0.1) is 6.61 Å². The molecule has 1 aliphatic heterocycles. The maximum Gasteiger partial charge on any atom is 0.253 e. The third-order valence-corrected chi connectivity index (χ3v) is 3.95. The Morgan fingerprint density at radius 2 is 2.05 bits per heavy atom. The highest BCUT2D eigenvalue weighted by Gasteiger charge is 2.19. The van der Waals surface area contributed by atoms with Crippen LogP contribution in [0.15, 0.2) is 30.5 Å². The van der Waals surface area contributed by atoms with Gasteiger partial charge >= 0.3 is 0 Å². The second-order valence-electron chi connectivity index (χ2n) is 5.27. The van der Waals surface area contributed by atoms with Gasteiger partial charge in [-0.15, -0.1) is 0 Å². The average Bonchev–Trinajstić information content (AvgIpc) is 3.13. The number of rotatable bonds is 4. The number of benzene rings is 1. The zero-order valence-electron chi connectivity index (χ0n) is 11.8. The second-order valence-corrected chi connectivity index (χ2v) is 5.27. The van der Waals surface area contributed by atoms with E-state index < -0.39 is 0 Å². The summed E-state index contributed by atoms with van der Waals surface area (Å²) < 4.78 is 7.27. The molecule has 1 saturated heterocycles. The highest BCUT2D eigenvalue weighted by molar-refractivity contribution is 5.98. The van der Waals surface area contributed by atoms with E-state index in [9.17, 15) is 4.79 Å². The fourth-order valence-corrected chi connectivity index (χ4v) is 2.82. The van der Waals surface area contributed by atoms with Crippen molar-refractivity contribution < 1.29 is 9.53 Å². The zero-order chi connectivity index (χ0) is 13.9. The standard InChI is InChI=1S/C16H20N2O2/c1-20-11-10-17-9-6-13-12-14(4-5-15(13)17)16(19)18-7-2-3-8-18/h4-6,9,12H,2-3,7-8,10-11H2,1H3. The van der Waals surface area contributed by atoms with Crippen molar-refractivity contribution in [3.8, 4) is 0 Å². The molecule has 1 aromatic heterocycles. The number of hydrogen-bond acceptors (Lipinski definition) is 2. The van der Waals surface area contributed by atoms with Crippen LogP contribution < -0.4 is 0 Å². The zero-order valence-corrected chi connectivity index (χ0v) is 11.8. The van der Waals surface area contributed by atoms with E-state index in [1.54, 1.807) is 7.11 Å². The van der Waals surface area contributed by atoms with Gasteiger partial charge in [-0.05, 0) is 37.1 Å². The Morgan fingerprint density at radius 3 is 2.80 bits per heavy atom. The van der Waals surface area contributed by atoms with Crippen LogP contribution in [-0.2, 0) is 11.3 Å². The molecule has 0 radical (unpaired) electrons. The van der Waals surface area contributed by atoms with Crippen LogP contribution in [0, 0.1) is 0 Å². The van der Waals surface area contributed by atoms with Crippen LogP contribution in [-0.4, -0.2) is 42.2 Å². The summed E-state index contributed by atoms with van der Waals surface area (Å²) >= 11 is 0. The number of carbonyl (C=O) groups excluding carboxylic acids is 1. The molecule has 0 aliphatic carbocycles. The van der Waals surface area contributed by atoms with Crippen molar-refractivity contribution in [3.05, 3.63) is 36.0 Å². The number of hydrogen-bond donors (Lipinski definition) is 0. The predicted molar refractivity (Wildman–Crippen MR) is 79.0 cm³/mol. The normalized spacial score (nSPS) is 15.2. The highest BCUT2D eigenvalue weighted by Crippen LogP contribution is 2.20. The summed E-state index contributed by atoms with van der Waals surface area (Å²) in [7, 11) is 1.71. The largest absolute Gasteiger partial charge is 0.383 e. The molecule has 0 spiro atoms. The first-order valence-electron chi connectivity index (χ1n) is 7.17. The molecular formula is C16H20N2O2. The molecule has 2 aromatic rings. The SMILES string of the molecule is COCCn1ccc2cc(C(=O)N3CCCC3)ccc21. The summed E-state index contributed by atoms with van der Waals surface area (Å²) in [5.41, 5.74) is 1.95. The van der Waals surface area contributed by atoms with Gasteiger partial charge in [-0.3, -0.25) is 4.79 Å². The van der Waals surface area contributed by atoms with E-state index in [-0.39, 0.29) is 5.91 Å².